The third kappa shape index (κ3) is 3.11. The molecule has 0 amide bonds. The standard InChI is InChI=1S/C8Cl3F13O/c9-1(25)2(12,13)4(14,15)5(16,17)3(10,11)6(18,19)7(20,21)8(22,23)24. The lowest BCUT2D eigenvalue weighted by atomic mass is 9.94. The maximum absolute atomic E-state index is 13.4. The van der Waals surface area contributed by atoms with Crippen LogP contribution in [0.1, 0.15) is 0 Å². The lowest BCUT2D eigenvalue weighted by molar-refractivity contribution is -0.380. The summed E-state index contributed by atoms with van der Waals surface area (Å²) < 4.78 is 159. The van der Waals surface area contributed by atoms with Gasteiger partial charge in [0.25, 0.3) is 9.58 Å². The van der Waals surface area contributed by atoms with E-state index in [1.807, 2.05) is 0 Å². The Balaban J connectivity index is 6.55. The Bertz CT molecular complexity index is 538. The van der Waals surface area contributed by atoms with Gasteiger partial charge in [-0.15, -0.1) is 0 Å². The van der Waals surface area contributed by atoms with Crippen LogP contribution in [0.15, 0.2) is 0 Å². The summed E-state index contributed by atoms with van der Waals surface area (Å²) in [5.74, 6) is -36.6. The molecule has 0 aliphatic carbocycles. The van der Waals surface area contributed by atoms with Crippen LogP contribution in [0.2, 0.25) is 0 Å². The molecule has 0 aliphatic rings. The van der Waals surface area contributed by atoms with Crippen LogP contribution in [0.25, 0.3) is 0 Å². The zero-order chi connectivity index (χ0) is 21.1. The molecule has 0 atom stereocenters. The largest absolute Gasteiger partial charge is 0.459 e. The predicted octanol–water partition coefficient (Wildman–Crippen LogP) is 5.66. The quantitative estimate of drug-likeness (QED) is 0.281. The molecule has 150 valence electrons. The van der Waals surface area contributed by atoms with Gasteiger partial charge in [-0.05, 0) is 11.6 Å². The van der Waals surface area contributed by atoms with Gasteiger partial charge in [0.1, 0.15) is 0 Å². The molecule has 17 heteroatoms. The molecular formula is C8Cl3F13O. The first-order chi connectivity index (χ1) is 10.4. The summed E-state index contributed by atoms with van der Waals surface area (Å²) in [6.45, 7) is 0. The molecule has 0 radical (unpaired) electrons. The fourth-order valence-electron chi connectivity index (χ4n) is 1.09. The summed E-state index contributed by atoms with van der Waals surface area (Å²) in [6.07, 6.45) is -7.36. The number of alkyl halides is 15. The van der Waals surface area contributed by atoms with E-state index in [9.17, 15) is 61.9 Å². The summed E-state index contributed by atoms with van der Waals surface area (Å²) in [6, 6.07) is 0. The summed E-state index contributed by atoms with van der Waals surface area (Å²) in [7, 11) is 0. The number of halogens is 16. The van der Waals surface area contributed by atoms with E-state index in [0.29, 0.717) is 0 Å². The van der Waals surface area contributed by atoms with Crippen LogP contribution < -0.4 is 0 Å². The van der Waals surface area contributed by atoms with Crippen molar-refractivity contribution in [2.24, 2.45) is 0 Å². The number of carbonyl (C=O) groups is 1. The van der Waals surface area contributed by atoms with Gasteiger partial charge in [0.05, 0.1) is 0 Å². The summed E-state index contributed by atoms with van der Waals surface area (Å²) in [4.78, 5) is 10.1. The topological polar surface area (TPSA) is 17.1 Å². The van der Waals surface area contributed by atoms with Gasteiger partial charge in [0.2, 0.25) is 0 Å². The lowest BCUT2D eigenvalue weighted by Gasteiger charge is -2.43. The highest BCUT2D eigenvalue weighted by Crippen LogP contribution is 2.64. The SMILES string of the molecule is O=C(Cl)C(F)(F)C(F)(F)C(F)(F)C(Cl)(Cl)C(F)(F)C(F)(F)C(F)(F)F. The molecule has 0 saturated carbocycles. The maximum Gasteiger partial charge on any atom is 0.459 e. The number of hydrogen-bond acceptors (Lipinski definition) is 1. The molecule has 0 rings (SSSR count). The van der Waals surface area contributed by atoms with Crippen LogP contribution in [-0.2, 0) is 4.79 Å². The zero-order valence-corrected chi connectivity index (χ0v) is 12.7. The minimum absolute atomic E-state index is 3.59. The van der Waals surface area contributed by atoms with E-state index < -0.39 is 45.4 Å². The highest BCUT2D eigenvalue weighted by molar-refractivity contribution is 6.65. The molecule has 0 spiro atoms. The van der Waals surface area contributed by atoms with Gasteiger partial charge >= 0.3 is 35.8 Å². The van der Waals surface area contributed by atoms with E-state index >= 15 is 0 Å². The first kappa shape index (κ1) is 24.6. The van der Waals surface area contributed by atoms with Crippen LogP contribution in [0, 0.1) is 0 Å². The molecule has 1 nitrogen and oxygen atoms in total. The van der Waals surface area contributed by atoms with Crippen molar-refractivity contribution in [1.29, 1.82) is 0 Å². The van der Waals surface area contributed by atoms with Crippen molar-refractivity contribution in [3.05, 3.63) is 0 Å². The first-order valence-corrected chi connectivity index (χ1v) is 6.11. The molecule has 0 unspecified atom stereocenters. The monoisotopic (exact) mass is 464 g/mol. The van der Waals surface area contributed by atoms with Crippen LogP contribution >= 0.6 is 34.8 Å². The van der Waals surface area contributed by atoms with Gasteiger partial charge in [0, 0.05) is 0 Å². The molecule has 0 aromatic carbocycles. The van der Waals surface area contributed by atoms with Crippen molar-refractivity contribution in [3.63, 3.8) is 0 Å². The summed E-state index contributed by atoms with van der Waals surface area (Å²) in [5, 5.41) is -3.59. The van der Waals surface area contributed by atoms with Crippen molar-refractivity contribution in [3.8, 4) is 0 Å². The molecule has 0 aliphatic heterocycles. The molecule has 0 bridgehead atoms. The normalized spacial score (nSPS) is 16.2. The molecule has 0 heterocycles. The van der Waals surface area contributed by atoms with Crippen molar-refractivity contribution in [1.82, 2.24) is 0 Å². The predicted molar refractivity (Wildman–Crippen MR) is 56.1 cm³/mol. The molecule has 0 saturated heterocycles. The van der Waals surface area contributed by atoms with Crippen molar-refractivity contribution in [2.75, 3.05) is 0 Å². The van der Waals surface area contributed by atoms with Crippen molar-refractivity contribution in [2.45, 2.75) is 40.1 Å². The van der Waals surface area contributed by atoms with E-state index in [1.54, 1.807) is 0 Å². The van der Waals surface area contributed by atoms with Crippen molar-refractivity contribution >= 4 is 40.0 Å². The van der Waals surface area contributed by atoms with Gasteiger partial charge in [-0.1, -0.05) is 23.2 Å². The molecular weight excluding hydrogens is 465 g/mol. The lowest BCUT2D eigenvalue weighted by Crippen LogP contribution is -2.72. The molecule has 0 aromatic rings. The van der Waals surface area contributed by atoms with Gasteiger partial charge < -0.3 is 0 Å². The van der Waals surface area contributed by atoms with Crippen LogP contribution in [0.5, 0.6) is 0 Å². The van der Waals surface area contributed by atoms with E-state index in [-0.39, 0.29) is 0 Å². The second-order valence-electron chi connectivity index (χ2n) is 4.22. The Morgan fingerprint density at radius 3 is 1.08 bits per heavy atom. The second-order valence-corrected chi connectivity index (χ2v) is 5.89. The Kier molecular flexibility index (Phi) is 5.99. The third-order valence-corrected chi connectivity index (χ3v) is 3.76. The third-order valence-electron chi connectivity index (χ3n) is 2.57. The Morgan fingerprint density at radius 1 is 0.560 bits per heavy atom. The molecule has 0 N–H and O–H groups in total. The average Bonchev–Trinajstić information content (AvgIpc) is 2.35. The van der Waals surface area contributed by atoms with Crippen LogP contribution in [-0.4, -0.2) is 45.4 Å². The summed E-state index contributed by atoms with van der Waals surface area (Å²) in [5.41, 5.74) is 0. The number of rotatable bonds is 6. The Hall–Kier alpha value is -0.370. The van der Waals surface area contributed by atoms with Gasteiger partial charge in [-0.3, -0.25) is 4.79 Å². The minimum Gasteiger partial charge on any atom is -0.274 e. The maximum atomic E-state index is 13.4. The first-order valence-electron chi connectivity index (χ1n) is 4.98. The minimum atomic E-state index is -7.57. The second kappa shape index (κ2) is 6.08. The van der Waals surface area contributed by atoms with Gasteiger partial charge in [-0.2, -0.15) is 57.1 Å². The highest BCUT2D eigenvalue weighted by atomic mass is 35.5. The average molecular weight is 465 g/mol. The fraction of sp³-hybridized carbons (Fsp3) is 0.875. The van der Waals surface area contributed by atoms with Crippen LogP contribution in [0.3, 0.4) is 0 Å². The van der Waals surface area contributed by atoms with Crippen molar-refractivity contribution < 1.29 is 61.9 Å². The fourth-order valence-corrected chi connectivity index (χ4v) is 1.68. The van der Waals surface area contributed by atoms with Gasteiger partial charge in [-0.25, -0.2) is 0 Å². The highest BCUT2D eigenvalue weighted by Gasteiger charge is 2.91. The number of hydrogen-bond donors (Lipinski definition) is 0. The van der Waals surface area contributed by atoms with E-state index in [0.717, 1.165) is 0 Å². The smallest absolute Gasteiger partial charge is 0.274 e. The zero-order valence-electron chi connectivity index (χ0n) is 10.5. The van der Waals surface area contributed by atoms with E-state index in [2.05, 4.69) is 34.8 Å². The Labute approximate surface area is 143 Å². The Morgan fingerprint density at radius 2 is 0.840 bits per heavy atom. The molecule has 25 heavy (non-hydrogen) atoms. The van der Waals surface area contributed by atoms with Gasteiger partial charge in [0.15, 0.2) is 0 Å². The van der Waals surface area contributed by atoms with E-state index in [1.165, 1.54) is 0 Å². The van der Waals surface area contributed by atoms with E-state index in [4.69, 9.17) is 0 Å². The summed E-state index contributed by atoms with van der Waals surface area (Å²) >= 11 is 11.7. The molecule has 0 fully saturated rings. The van der Waals surface area contributed by atoms with Crippen LogP contribution in [0.4, 0.5) is 57.1 Å². The number of carbonyl (C=O) groups excluding carboxylic acids is 1. The molecule has 0 aromatic heterocycles.